The monoisotopic (exact) mass is 285 g/mol. The summed E-state index contributed by atoms with van der Waals surface area (Å²) < 4.78 is 0. The molecule has 0 aromatic heterocycles. The van der Waals surface area contributed by atoms with E-state index in [0.29, 0.717) is 5.54 Å². The van der Waals surface area contributed by atoms with E-state index in [2.05, 4.69) is 70.7 Å². The summed E-state index contributed by atoms with van der Waals surface area (Å²) in [4.78, 5) is 2.73. The van der Waals surface area contributed by atoms with Gasteiger partial charge in [-0.3, -0.25) is 4.90 Å². The molecule has 1 aliphatic carbocycles. The van der Waals surface area contributed by atoms with Crippen molar-refractivity contribution in [2.45, 2.75) is 77.3 Å². The van der Waals surface area contributed by atoms with Crippen LogP contribution >= 0.6 is 0 Å². The molecule has 1 saturated carbocycles. The summed E-state index contributed by atoms with van der Waals surface area (Å²) in [7, 11) is 0. The third-order valence-corrected chi connectivity index (χ3v) is 5.61. The van der Waals surface area contributed by atoms with Crippen LogP contribution < -0.4 is 0 Å². The maximum atomic E-state index is 2.73. The molecule has 21 heavy (non-hydrogen) atoms. The molecule has 1 heteroatoms. The summed E-state index contributed by atoms with van der Waals surface area (Å²) in [5, 5.41) is 0. The van der Waals surface area contributed by atoms with Crippen molar-refractivity contribution in [3.63, 3.8) is 0 Å². The van der Waals surface area contributed by atoms with E-state index in [0.717, 1.165) is 17.9 Å². The number of fused-ring (bicyclic) bond motifs is 2. The highest BCUT2D eigenvalue weighted by Crippen LogP contribution is 2.49. The number of hydrogen-bond donors (Lipinski definition) is 0. The minimum absolute atomic E-state index is 0.260. The Morgan fingerprint density at radius 3 is 1.95 bits per heavy atom. The first-order valence-electron chi connectivity index (χ1n) is 8.53. The van der Waals surface area contributed by atoms with E-state index in [-0.39, 0.29) is 5.41 Å². The summed E-state index contributed by atoms with van der Waals surface area (Å²) in [5.41, 5.74) is 3.62. The Hall–Kier alpha value is -0.820. The quantitative estimate of drug-likeness (QED) is 0.705. The molecule has 2 bridgehead atoms. The molecule has 1 aliphatic heterocycles. The number of nitrogens with zero attached hydrogens (tertiary/aromatic N) is 1. The zero-order chi connectivity index (χ0) is 15.4. The van der Waals surface area contributed by atoms with Crippen LogP contribution in [0.15, 0.2) is 24.3 Å². The predicted octanol–water partition coefficient (Wildman–Crippen LogP) is 4.96. The molecule has 0 N–H and O–H groups in total. The predicted molar refractivity (Wildman–Crippen MR) is 90.9 cm³/mol. The first-order chi connectivity index (χ1) is 9.66. The molecule has 1 aromatic rings. The van der Waals surface area contributed by atoms with Crippen LogP contribution in [-0.4, -0.2) is 23.0 Å². The van der Waals surface area contributed by atoms with E-state index < -0.39 is 0 Å². The maximum Gasteiger partial charge on any atom is 0.0128 e. The fraction of sp³-hybridized carbons (Fsp3) is 0.700. The van der Waals surface area contributed by atoms with E-state index in [1.165, 1.54) is 24.9 Å². The molecule has 116 valence electrons. The lowest BCUT2D eigenvalue weighted by Crippen LogP contribution is -2.47. The van der Waals surface area contributed by atoms with Crippen molar-refractivity contribution in [2.75, 3.05) is 6.54 Å². The van der Waals surface area contributed by atoms with E-state index >= 15 is 0 Å². The van der Waals surface area contributed by atoms with Crippen LogP contribution in [0.1, 0.15) is 71.4 Å². The van der Waals surface area contributed by atoms with Crippen LogP contribution in [0.25, 0.3) is 0 Å². The molecule has 1 unspecified atom stereocenters. The summed E-state index contributed by atoms with van der Waals surface area (Å²) in [6.07, 6.45) is 2.76. The minimum Gasteiger partial charge on any atom is -0.295 e. The van der Waals surface area contributed by atoms with Crippen molar-refractivity contribution < 1.29 is 0 Å². The molecule has 3 atom stereocenters. The lowest BCUT2D eigenvalue weighted by Gasteiger charge is -2.41. The third kappa shape index (κ3) is 2.77. The number of rotatable bonds is 1. The number of likely N-dealkylation sites (tertiary alicyclic amines) is 1. The highest BCUT2D eigenvalue weighted by Gasteiger charge is 2.48. The van der Waals surface area contributed by atoms with Crippen LogP contribution in [-0.2, 0) is 5.41 Å². The van der Waals surface area contributed by atoms with Crippen molar-refractivity contribution >= 4 is 0 Å². The molecule has 2 fully saturated rings. The number of piperidine rings is 1. The normalized spacial score (nSPS) is 30.1. The molecule has 2 aliphatic rings. The SMILES string of the molecule is CC(C)(C)c1ccc(C2C[C@H]3C[C@@H]2CN3C(C)(C)C)cc1. The van der Waals surface area contributed by atoms with Gasteiger partial charge in [0.05, 0.1) is 0 Å². The molecule has 0 amide bonds. The average Bonchev–Trinajstić information content (AvgIpc) is 2.96. The van der Waals surface area contributed by atoms with Gasteiger partial charge in [-0.15, -0.1) is 0 Å². The van der Waals surface area contributed by atoms with E-state index in [4.69, 9.17) is 0 Å². The zero-order valence-electron chi connectivity index (χ0n) is 14.6. The summed E-state index contributed by atoms with van der Waals surface area (Å²) in [6, 6.07) is 10.3. The maximum absolute atomic E-state index is 2.73. The van der Waals surface area contributed by atoms with Gasteiger partial charge in [0.15, 0.2) is 0 Å². The second kappa shape index (κ2) is 4.84. The summed E-state index contributed by atoms with van der Waals surface area (Å²) in [5.74, 6) is 1.66. The van der Waals surface area contributed by atoms with Crippen molar-refractivity contribution in [1.29, 1.82) is 0 Å². The van der Waals surface area contributed by atoms with Gasteiger partial charge in [0.1, 0.15) is 0 Å². The van der Waals surface area contributed by atoms with Crippen LogP contribution in [0, 0.1) is 5.92 Å². The zero-order valence-corrected chi connectivity index (χ0v) is 14.6. The first-order valence-corrected chi connectivity index (χ1v) is 8.53. The van der Waals surface area contributed by atoms with Crippen molar-refractivity contribution in [3.05, 3.63) is 35.4 Å². The molecule has 1 heterocycles. The lowest BCUT2D eigenvalue weighted by molar-refractivity contribution is 0.0903. The van der Waals surface area contributed by atoms with Crippen molar-refractivity contribution in [3.8, 4) is 0 Å². The Kier molecular flexibility index (Phi) is 3.48. The molecule has 0 radical (unpaired) electrons. The molecule has 0 spiro atoms. The van der Waals surface area contributed by atoms with Gasteiger partial charge in [0, 0.05) is 18.1 Å². The second-order valence-corrected chi connectivity index (χ2v) is 9.19. The summed E-state index contributed by atoms with van der Waals surface area (Å²) >= 11 is 0. The van der Waals surface area contributed by atoms with Gasteiger partial charge in [-0.1, -0.05) is 45.0 Å². The average molecular weight is 285 g/mol. The van der Waals surface area contributed by atoms with Gasteiger partial charge in [-0.25, -0.2) is 0 Å². The highest BCUT2D eigenvalue weighted by molar-refractivity contribution is 5.31. The Morgan fingerprint density at radius 2 is 1.52 bits per heavy atom. The lowest BCUT2D eigenvalue weighted by atomic mass is 9.82. The van der Waals surface area contributed by atoms with E-state index in [1.54, 1.807) is 5.56 Å². The third-order valence-electron chi connectivity index (χ3n) is 5.61. The Balaban J connectivity index is 1.74. The summed E-state index contributed by atoms with van der Waals surface area (Å²) in [6.45, 7) is 15.3. The van der Waals surface area contributed by atoms with Gasteiger partial charge in [0.2, 0.25) is 0 Å². The van der Waals surface area contributed by atoms with Crippen LogP contribution in [0.2, 0.25) is 0 Å². The van der Waals surface area contributed by atoms with Crippen LogP contribution in [0.4, 0.5) is 0 Å². The Morgan fingerprint density at radius 1 is 0.905 bits per heavy atom. The van der Waals surface area contributed by atoms with Gasteiger partial charge < -0.3 is 0 Å². The van der Waals surface area contributed by atoms with E-state index in [9.17, 15) is 0 Å². The first kappa shape index (κ1) is 15.1. The smallest absolute Gasteiger partial charge is 0.0128 e. The Bertz CT molecular complexity index is 500. The van der Waals surface area contributed by atoms with Crippen LogP contribution in [0.3, 0.4) is 0 Å². The van der Waals surface area contributed by atoms with Gasteiger partial charge in [-0.2, -0.15) is 0 Å². The van der Waals surface area contributed by atoms with Gasteiger partial charge in [-0.05, 0) is 62.0 Å². The molecular weight excluding hydrogens is 254 g/mol. The fourth-order valence-electron chi connectivity index (χ4n) is 4.41. The largest absolute Gasteiger partial charge is 0.295 e. The van der Waals surface area contributed by atoms with Crippen molar-refractivity contribution in [2.24, 2.45) is 5.92 Å². The fourth-order valence-corrected chi connectivity index (χ4v) is 4.41. The molecule has 1 nitrogen and oxygen atoms in total. The van der Waals surface area contributed by atoms with Gasteiger partial charge >= 0.3 is 0 Å². The number of hydrogen-bond acceptors (Lipinski definition) is 1. The molecule has 1 saturated heterocycles. The minimum atomic E-state index is 0.260. The van der Waals surface area contributed by atoms with Crippen LogP contribution in [0.5, 0.6) is 0 Å². The molecule has 1 aromatic carbocycles. The topological polar surface area (TPSA) is 3.24 Å². The molecule has 3 rings (SSSR count). The second-order valence-electron chi connectivity index (χ2n) is 9.19. The van der Waals surface area contributed by atoms with Gasteiger partial charge in [0.25, 0.3) is 0 Å². The Labute approximate surface area is 130 Å². The molecular formula is C20H31N. The highest BCUT2D eigenvalue weighted by atomic mass is 15.2. The number of benzene rings is 1. The van der Waals surface area contributed by atoms with E-state index in [1.807, 2.05) is 0 Å². The standard InChI is InChI=1S/C20H31N/c1-19(2,3)16-9-7-14(8-10-16)18-12-17-11-15(18)13-21(17)20(4,5)6/h7-10,15,17-18H,11-13H2,1-6H3/t15-,17-,18?/m1/s1. The van der Waals surface area contributed by atoms with Crippen molar-refractivity contribution in [1.82, 2.24) is 4.90 Å².